The quantitative estimate of drug-likeness (QED) is 0.209. The second-order valence-corrected chi connectivity index (χ2v) is 1.46. The van der Waals surface area contributed by atoms with Gasteiger partial charge in [0.15, 0.2) is 0 Å². The average molecular weight is 180 g/mol. The zero-order chi connectivity index (χ0) is 8.69. The molecule has 0 aromatic carbocycles. The van der Waals surface area contributed by atoms with Crippen LogP contribution in [0, 0.1) is 0 Å². The molecule has 4 nitrogen and oxygen atoms in total. The van der Waals surface area contributed by atoms with E-state index in [4.69, 9.17) is 0 Å². The summed E-state index contributed by atoms with van der Waals surface area (Å²) in [5.41, 5.74) is 0. The van der Waals surface area contributed by atoms with Crippen LogP contribution in [-0.2, 0) is 19.1 Å². The first kappa shape index (κ1) is 14.0. The van der Waals surface area contributed by atoms with E-state index in [1.54, 1.807) is 0 Å². The molecule has 0 aromatic rings. The summed E-state index contributed by atoms with van der Waals surface area (Å²) in [5.74, 6) is -1.27. The van der Waals surface area contributed by atoms with Crippen LogP contribution in [0.25, 0.3) is 0 Å². The minimum atomic E-state index is -0.662. The van der Waals surface area contributed by atoms with Gasteiger partial charge in [-0.15, -0.1) is 0 Å². The first-order valence-corrected chi connectivity index (χ1v) is 2.78. The first-order valence-electron chi connectivity index (χ1n) is 2.78. The van der Waals surface area contributed by atoms with E-state index in [2.05, 4.69) is 16.1 Å². The van der Waals surface area contributed by atoms with Gasteiger partial charge in [-0.1, -0.05) is 6.58 Å². The number of esters is 2. The summed E-state index contributed by atoms with van der Waals surface area (Å²) in [6.07, 6.45) is 2.89. The van der Waals surface area contributed by atoms with Crippen LogP contribution in [0.4, 0.5) is 0 Å². The molecule has 0 fully saturated rings. The van der Waals surface area contributed by atoms with Crippen molar-refractivity contribution < 1.29 is 50.0 Å². The maximum atomic E-state index is 10.5. The van der Waals surface area contributed by atoms with Gasteiger partial charge in [0, 0.05) is 12.2 Å². The molecule has 0 saturated heterocycles. The van der Waals surface area contributed by atoms with Gasteiger partial charge in [0.25, 0.3) is 0 Å². The Labute approximate surface area is 94.0 Å². The topological polar surface area (TPSA) is 52.6 Å². The normalized spacial score (nSPS) is 8.42. The molecule has 0 amide bonds. The second kappa shape index (κ2) is 8.52. The van der Waals surface area contributed by atoms with Crippen LogP contribution in [0.2, 0.25) is 0 Å². The van der Waals surface area contributed by atoms with Crippen molar-refractivity contribution in [3.05, 3.63) is 25.0 Å². The van der Waals surface area contributed by atoms with E-state index in [1.165, 1.54) is 7.11 Å². The van der Waals surface area contributed by atoms with Crippen LogP contribution in [0.15, 0.2) is 25.0 Å². The average Bonchev–Trinajstić information content (AvgIpc) is 2.01. The Kier molecular flexibility index (Phi) is 9.92. The van der Waals surface area contributed by atoms with Crippen molar-refractivity contribution in [3.8, 4) is 0 Å². The van der Waals surface area contributed by atoms with Crippen molar-refractivity contribution in [2.75, 3.05) is 7.11 Å². The summed E-state index contributed by atoms with van der Waals surface area (Å²) >= 11 is 0. The molecular weight excluding hydrogens is 171 g/mol. The number of rotatable bonds is 3. The van der Waals surface area contributed by atoms with E-state index in [9.17, 15) is 9.59 Å². The molecule has 0 aliphatic rings. The zero-order valence-electron chi connectivity index (χ0n) is 8.07. The van der Waals surface area contributed by atoms with Gasteiger partial charge in [0.1, 0.15) is 0 Å². The fourth-order valence-corrected chi connectivity index (χ4v) is 0.326. The molecule has 0 saturated carbocycles. The molecule has 0 unspecified atom stereocenters. The molecule has 0 atom stereocenters. The Balaban J connectivity index is -0.000000500. The Hall–Kier alpha value is -0.580. The molecule has 5 heteroatoms. The Morgan fingerprint density at radius 2 is 1.83 bits per heavy atom. The summed E-state index contributed by atoms with van der Waals surface area (Å²) in [6.45, 7) is 3.15. The van der Waals surface area contributed by atoms with E-state index in [0.717, 1.165) is 18.4 Å². The largest absolute Gasteiger partial charge is 1.00 e. The van der Waals surface area contributed by atoms with Gasteiger partial charge in [-0.2, -0.15) is 0 Å². The standard InChI is InChI=1S/C7H8O4.Na.H/c1-3-11-7(9)5-4-6(8)10-2;;/h3-5H,1H2,2H3;;/q;+1;-1/b5-4-;;. The van der Waals surface area contributed by atoms with Crippen molar-refractivity contribution in [2.24, 2.45) is 0 Å². The van der Waals surface area contributed by atoms with E-state index in [0.29, 0.717) is 0 Å². The van der Waals surface area contributed by atoms with Crippen LogP contribution in [0.1, 0.15) is 1.43 Å². The number of ether oxygens (including phenoxy) is 2. The van der Waals surface area contributed by atoms with E-state index >= 15 is 0 Å². The molecule has 62 valence electrons. The molecule has 12 heavy (non-hydrogen) atoms. The predicted molar refractivity (Wildman–Crippen MR) is 38.6 cm³/mol. The van der Waals surface area contributed by atoms with Crippen LogP contribution in [-0.4, -0.2) is 19.0 Å². The number of carbonyl (C=O) groups is 2. The van der Waals surface area contributed by atoms with E-state index in [-0.39, 0.29) is 31.0 Å². The van der Waals surface area contributed by atoms with Crippen molar-refractivity contribution in [1.29, 1.82) is 0 Å². The molecule has 0 heterocycles. The summed E-state index contributed by atoms with van der Waals surface area (Å²) < 4.78 is 8.49. The summed E-state index contributed by atoms with van der Waals surface area (Å²) in [6, 6.07) is 0. The van der Waals surface area contributed by atoms with Gasteiger partial charge in [0.05, 0.1) is 13.4 Å². The number of hydrogen-bond acceptors (Lipinski definition) is 4. The maximum absolute atomic E-state index is 10.5. The molecule has 0 rings (SSSR count). The summed E-state index contributed by atoms with van der Waals surface area (Å²) in [7, 11) is 1.21. The smallest absolute Gasteiger partial charge is 1.00 e. The van der Waals surface area contributed by atoms with Crippen molar-refractivity contribution in [1.82, 2.24) is 0 Å². The summed E-state index contributed by atoms with van der Waals surface area (Å²) in [4.78, 5) is 20.9. The molecule has 0 aliphatic carbocycles. The second-order valence-electron chi connectivity index (χ2n) is 1.46. The fourth-order valence-electron chi connectivity index (χ4n) is 0.326. The molecule has 0 N–H and O–H groups in total. The third-order valence-corrected chi connectivity index (χ3v) is 0.756. The van der Waals surface area contributed by atoms with Gasteiger partial charge in [0.2, 0.25) is 0 Å². The molecule has 0 bridgehead atoms. The van der Waals surface area contributed by atoms with Crippen LogP contribution < -0.4 is 29.6 Å². The molecule has 0 aliphatic heterocycles. The molecule has 0 aromatic heterocycles. The third-order valence-electron chi connectivity index (χ3n) is 0.756. The summed E-state index contributed by atoms with van der Waals surface area (Å²) in [5, 5.41) is 0. The first-order chi connectivity index (χ1) is 5.20. The van der Waals surface area contributed by atoms with Gasteiger partial charge in [-0.05, 0) is 0 Å². The molecule has 0 spiro atoms. The maximum Gasteiger partial charge on any atom is 1.00 e. The van der Waals surface area contributed by atoms with E-state index in [1.807, 2.05) is 0 Å². The van der Waals surface area contributed by atoms with Crippen LogP contribution >= 0.6 is 0 Å². The molecule has 0 radical (unpaired) electrons. The Morgan fingerprint density at radius 3 is 2.25 bits per heavy atom. The van der Waals surface area contributed by atoms with Crippen molar-refractivity contribution in [2.45, 2.75) is 0 Å². The fraction of sp³-hybridized carbons (Fsp3) is 0.143. The SMILES string of the molecule is C=COC(=O)/C=C\C(=O)OC.[H-].[Na+]. The minimum Gasteiger partial charge on any atom is -1.00 e. The Bertz CT molecular complexity index is 203. The van der Waals surface area contributed by atoms with E-state index < -0.39 is 11.9 Å². The molecular formula is C7H9NaO4. The number of carbonyl (C=O) groups excluding carboxylic acids is 2. The Morgan fingerprint density at radius 1 is 1.33 bits per heavy atom. The zero-order valence-corrected chi connectivity index (χ0v) is 9.07. The van der Waals surface area contributed by atoms with Gasteiger partial charge in [-0.3, -0.25) is 0 Å². The number of hydrogen-bond donors (Lipinski definition) is 0. The van der Waals surface area contributed by atoms with Crippen LogP contribution in [0.5, 0.6) is 0 Å². The van der Waals surface area contributed by atoms with Gasteiger partial charge in [-0.25, -0.2) is 9.59 Å². The van der Waals surface area contributed by atoms with Crippen LogP contribution in [0.3, 0.4) is 0 Å². The predicted octanol–water partition coefficient (Wildman–Crippen LogP) is -2.48. The third kappa shape index (κ3) is 7.53. The minimum absolute atomic E-state index is 0. The van der Waals surface area contributed by atoms with Crippen molar-refractivity contribution in [3.63, 3.8) is 0 Å². The monoisotopic (exact) mass is 180 g/mol. The van der Waals surface area contributed by atoms with Crippen molar-refractivity contribution >= 4 is 11.9 Å². The van der Waals surface area contributed by atoms with Gasteiger partial charge < -0.3 is 10.9 Å². The number of methoxy groups -OCH3 is 1. The van der Waals surface area contributed by atoms with Gasteiger partial charge >= 0.3 is 41.5 Å².